The predicted molar refractivity (Wildman–Crippen MR) is 99.4 cm³/mol. The van der Waals surface area contributed by atoms with Crippen LogP contribution in [0.3, 0.4) is 0 Å². The van der Waals surface area contributed by atoms with Gasteiger partial charge in [-0.05, 0) is 38.3 Å². The molecule has 4 heteroatoms. The summed E-state index contributed by atoms with van der Waals surface area (Å²) in [7, 11) is 0. The van der Waals surface area contributed by atoms with Crippen molar-refractivity contribution < 1.29 is 0 Å². The zero-order valence-electron chi connectivity index (χ0n) is 13.8. The van der Waals surface area contributed by atoms with Gasteiger partial charge in [0.25, 0.3) is 0 Å². The molecule has 0 aliphatic heterocycles. The molecule has 1 aromatic carbocycles. The molecule has 1 aliphatic rings. The summed E-state index contributed by atoms with van der Waals surface area (Å²) in [6, 6.07) is 7.19. The molecule has 3 aromatic rings. The standard InChI is InChI=1S/C19H23N3S/c1-12-8-9-15-16(10-12)20-13(2)18(15)17-11-23-19(22-17)21-14-6-4-3-5-7-14/h8-11,14,20H,3-7H2,1-2H3,(H,21,22). The maximum Gasteiger partial charge on any atom is 0.183 e. The number of anilines is 1. The van der Waals surface area contributed by atoms with Gasteiger partial charge < -0.3 is 10.3 Å². The van der Waals surface area contributed by atoms with Crippen molar-refractivity contribution in [2.45, 2.75) is 52.0 Å². The largest absolute Gasteiger partial charge is 0.359 e. The van der Waals surface area contributed by atoms with E-state index < -0.39 is 0 Å². The zero-order valence-corrected chi connectivity index (χ0v) is 14.6. The van der Waals surface area contributed by atoms with Gasteiger partial charge in [0, 0.05) is 33.6 Å². The van der Waals surface area contributed by atoms with E-state index in [9.17, 15) is 0 Å². The number of benzene rings is 1. The van der Waals surface area contributed by atoms with Crippen LogP contribution in [0.1, 0.15) is 43.4 Å². The van der Waals surface area contributed by atoms with Gasteiger partial charge in [-0.15, -0.1) is 11.3 Å². The second kappa shape index (κ2) is 6.00. The predicted octanol–water partition coefficient (Wildman–Crippen LogP) is 5.65. The molecule has 2 aromatic heterocycles. The number of hydrogen-bond donors (Lipinski definition) is 2. The Morgan fingerprint density at radius 1 is 1.17 bits per heavy atom. The lowest BCUT2D eigenvalue weighted by Crippen LogP contribution is -2.21. The van der Waals surface area contributed by atoms with Crippen molar-refractivity contribution in [1.82, 2.24) is 9.97 Å². The summed E-state index contributed by atoms with van der Waals surface area (Å²) in [4.78, 5) is 8.37. The van der Waals surface area contributed by atoms with Gasteiger partial charge in [-0.2, -0.15) is 0 Å². The molecular weight excluding hydrogens is 302 g/mol. The van der Waals surface area contributed by atoms with Gasteiger partial charge in [0.05, 0.1) is 5.69 Å². The van der Waals surface area contributed by atoms with Crippen LogP contribution in [-0.4, -0.2) is 16.0 Å². The molecular formula is C19H23N3S. The molecule has 0 unspecified atom stereocenters. The van der Waals surface area contributed by atoms with Crippen molar-refractivity contribution in [2.75, 3.05) is 5.32 Å². The molecule has 0 atom stereocenters. The van der Waals surface area contributed by atoms with E-state index in [1.165, 1.54) is 59.8 Å². The van der Waals surface area contributed by atoms with Crippen LogP contribution >= 0.6 is 11.3 Å². The van der Waals surface area contributed by atoms with E-state index in [0.29, 0.717) is 6.04 Å². The molecule has 3 nitrogen and oxygen atoms in total. The molecule has 0 radical (unpaired) electrons. The lowest BCUT2D eigenvalue weighted by Gasteiger charge is -2.22. The summed E-state index contributed by atoms with van der Waals surface area (Å²) in [5.41, 5.74) is 6.00. The Morgan fingerprint density at radius 2 is 2.00 bits per heavy atom. The topological polar surface area (TPSA) is 40.7 Å². The van der Waals surface area contributed by atoms with Crippen molar-refractivity contribution in [3.8, 4) is 11.3 Å². The lowest BCUT2D eigenvalue weighted by molar-refractivity contribution is 0.462. The second-order valence-electron chi connectivity index (χ2n) is 6.69. The van der Waals surface area contributed by atoms with Crippen LogP contribution in [-0.2, 0) is 0 Å². The van der Waals surface area contributed by atoms with Crippen LogP contribution in [0.5, 0.6) is 0 Å². The zero-order chi connectivity index (χ0) is 15.8. The van der Waals surface area contributed by atoms with Crippen LogP contribution in [0.15, 0.2) is 23.6 Å². The van der Waals surface area contributed by atoms with E-state index in [-0.39, 0.29) is 0 Å². The smallest absolute Gasteiger partial charge is 0.183 e. The molecule has 0 spiro atoms. The Hall–Kier alpha value is -1.81. The van der Waals surface area contributed by atoms with Crippen LogP contribution in [0.25, 0.3) is 22.2 Å². The second-order valence-corrected chi connectivity index (χ2v) is 7.55. The van der Waals surface area contributed by atoms with Gasteiger partial charge >= 0.3 is 0 Å². The average Bonchev–Trinajstić information content (AvgIpc) is 3.11. The summed E-state index contributed by atoms with van der Waals surface area (Å²) in [6.07, 6.45) is 6.63. The molecule has 4 rings (SSSR count). The van der Waals surface area contributed by atoms with Crippen LogP contribution in [0.4, 0.5) is 5.13 Å². The minimum absolute atomic E-state index is 0.606. The van der Waals surface area contributed by atoms with Gasteiger partial charge in [0.1, 0.15) is 0 Å². The van der Waals surface area contributed by atoms with Crippen molar-refractivity contribution in [3.05, 3.63) is 34.8 Å². The van der Waals surface area contributed by atoms with E-state index in [4.69, 9.17) is 4.98 Å². The quantitative estimate of drug-likeness (QED) is 0.653. The van der Waals surface area contributed by atoms with E-state index in [2.05, 4.69) is 47.7 Å². The molecule has 0 saturated heterocycles. The maximum absolute atomic E-state index is 4.87. The first kappa shape index (κ1) is 14.8. The first-order chi connectivity index (χ1) is 11.2. The SMILES string of the molecule is Cc1ccc2c(-c3csc(NC4CCCCC4)n3)c(C)[nH]c2c1. The third-order valence-electron chi connectivity index (χ3n) is 4.83. The summed E-state index contributed by atoms with van der Waals surface area (Å²) in [5.74, 6) is 0. The number of thiazole rings is 1. The van der Waals surface area contributed by atoms with Crippen molar-refractivity contribution in [3.63, 3.8) is 0 Å². The summed E-state index contributed by atoms with van der Waals surface area (Å²) >= 11 is 1.73. The minimum atomic E-state index is 0.606. The number of aromatic amines is 1. The van der Waals surface area contributed by atoms with E-state index in [1.54, 1.807) is 11.3 Å². The minimum Gasteiger partial charge on any atom is -0.359 e. The molecule has 0 bridgehead atoms. The fraction of sp³-hybridized carbons (Fsp3) is 0.421. The van der Waals surface area contributed by atoms with Crippen LogP contribution < -0.4 is 5.32 Å². The fourth-order valence-corrected chi connectivity index (χ4v) is 4.43. The van der Waals surface area contributed by atoms with Crippen molar-refractivity contribution >= 4 is 27.4 Å². The summed E-state index contributed by atoms with van der Waals surface area (Å²) in [6.45, 7) is 4.27. The first-order valence-electron chi connectivity index (χ1n) is 8.52. The molecule has 1 fully saturated rings. The van der Waals surface area contributed by atoms with Crippen LogP contribution in [0.2, 0.25) is 0 Å². The summed E-state index contributed by atoms with van der Waals surface area (Å²) in [5, 5.41) is 8.15. The monoisotopic (exact) mass is 325 g/mol. The Labute approximate surface area is 141 Å². The van der Waals surface area contributed by atoms with Gasteiger partial charge in [0.2, 0.25) is 0 Å². The van der Waals surface area contributed by atoms with Gasteiger partial charge in [0.15, 0.2) is 5.13 Å². The number of fused-ring (bicyclic) bond motifs is 1. The molecule has 23 heavy (non-hydrogen) atoms. The Bertz CT molecular complexity index is 824. The van der Waals surface area contributed by atoms with E-state index in [1.807, 2.05) is 0 Å². The number of hydrogen-bond acceptors (Lipinski definition) is 3. The Balaban J connectivity index is 1.65. The molecule has 1 saturated carbocycles. The Kier molecular flexibility index (Phi) is 3.85. The molecule has 1 aliphatic carbocycles. The normalized spacial score (nSPS) is 16.1. The van der Waals surface area contributed by atoms with Crippen molar-refractivity contribution in [2.24, 2.45) is 0 Å². The molecule has 120 valence electrons. The lowest BCUT2D eigenvalue weighted by atomic mass is 9.96. The van der Waals surface area contributed by atoms with E-state index >= 15 is 0 Å². The number of aryl methyl sites for hydroxylation is 2. The highest BCUT2D eigenvalue weighted by atomic mass is 32.1. The number of nitrogens with one attached hydrogen (secondary N) is 2. The Morgan fingerprint density at radius 3 is 2.83 bits per heavy atom. The van der Waals surface area contributed by atoms with Gasteiger partial charge in [-0.3, -0.25) is 0 Å². The number of aromatic nitrogens is 2. The van der Waals surface area contributed by atoms with Crippen molar-refractivity contribution in [1.29, 1.82) is 0 Å². The molecule has 2 heterocycles. The number of rotatable bonds is 3. The van der Waals surface area contributed by atoms with Gasteiger partial charge in [-0.25, -0.2) is 4.98 Å². The van der Waals surface area contributed by atoms with E-state index in [0.717, 1.165) is 10.8 Å². The highest BCUT2D eigenvalue weighted by Crippen LogP contribution is 2.35. The highest BCUT2D eigenvalue weighted by Gasteiger charge is 2.17. The third kappa shape index (κ3) is 2.88. The number of nitrogens with zero attached hydrogens (tertiary/aromatic N) is 1. The highest BCUT2D eigenvalue weighted by molar-refractivity contribution is 7.14. The first-order valence-corrected chi connectivity index (χ1v) is 9.40. The van der Waals surface area contributed by atoms with Gasteiger partial charge in [-0.1, -0.05) is 31.4 Å². The summed E-state index contributed by atoms with van der Waals surface area (Å²) < 4.78 is 0. The molecule has 2 N–H and O–H groups in total. The molecule has 0 amide bonds. The fourth-order valence-electron chi connectivity index (χ4n) is 3.65. The number of H-pyrrole nitrogens is 1. The average molecular weight is 325 g/mol. The maximum atomic E-state index is 4.87. The third-order valence-corrected chi connectivity index (χ3v) is 5.61. The van der Waals surface area contributed by atoms with Crippen LogP contribution in [0, 0.1) is 13.8 Å².